The van der Waals surface area contributed by atoms with Gasteiger partial charge in [0.2, 0.25) is 12.3 Å². The molecule has 0 unspecified atom stereocenters. The largest absolute Gasteiger partial charge is 0.409 e. The lowest BCUT2D eigenvalue weighted by Gasteiger charge is -2.07. The van der Waals surface area contributed by atoms with Crippen LogP contribution in [0.4, 0.5) is 0 Å². The van der Waals surface area contributed by atoms with Crippen molar-refractivity contribution in [2.24, 2.45) is 0 Å². The van der Waals surface area contributed by atoms with Crippen LogP contribution < -0.4 is 0 Å². The summed E-state index contributed by atoms with van der Waals surface area (Å²) < 4.78 is 5.51. The van der Waals surface area contributed by atoms with Crippen LogP contribution in [0.5, 0.6) is 0 Å². The number of carbonyl (C=O) groups excluding carboxylic acids is 1. The number of nitrogens with zero attached hydrogens (tertiary/aromatic N) is 3. The average Bonchev–Trinajstić information content (AvgIpc) is 3.14. The number of carbonyl (C=O) groups is 1. The summed E-state index contributed by atoms with van der Waals surface area (Å²) in [6, 6.07) is 18.2. The molecule has 0 bridgehead atoms. The predicted molar refractivity (Wildman–Crippen MR) is 112 cm³/mol. The van der Waals surface area contributed by atoms with Crippen molar-refractivity contribution < 1.29 is 9.21 Å². The van der Waals surface area contributed by atoms with Crippen molar-refractivity contribution >= 4 is 29.5 Å². The number of amides is 1. The number of hydrogen-bond acceptors (Lipinski definition) is 5. The summed E-state index contributed by atoms with van der Waals surface area (Å²) in [7, 11) is 3.38. The molecule has 7 heteroatoms. The lowest BCUT2D eigenvalue weighted by molar-refractivity contribution is -0.115. The van der Waals surface area contributed by atoms with Gasteiger partial charge in [0.1, 0.15) is 0 Å². The maximum Gasteiger partial charge on any atom is 0.284 e. The number of hydrogen-bond donors (Lipinski definition) is 1. The molecule has 0 fully saturated rings. The Hall–Kier alpha value is -3.32. The van der Waals surface area contributed by atoms with Gasteiger partial charge >= 0.3 is 0 Å². The minimum atomic E-state index is 0.262. The Bertz CT molecular complexity index is 1150. The number of pyridine rings is 1. The smallest absolute Gasteiger partial charge is 0.284 e. The van der Waals surface area contributed by atoms with E-state index in [1.165, 1.54) is 10.5 Å². The van der Waals surface area contributed by atoms with E-state index in [2.05, 4.69) is 41.4 Å². The van der Waals surface area contributed by atoms with Gasteiger partial charge in [-0.1, -0.05) is 48.0 Å². The Balaban J connectivity index is 0.000000403. The lowest BCUT2D eigenvalue weighted by atomic mass is 10.0. The van der Waals surface area contributed by atoms with E-state index in [4.69, 9.17) is 21.6 Å². The van der Waals surface area contributed by atoms with Crippen molar-refractivity contribution in [3.05, 3.63) is 65.0 Å². The van der Waals surface area contributed by atoms with E-state index in [1.54, 1.807) is 14.1 Å². The van der Waals surface area contributed by atoms with E-state index in [-0.39, 0.29) is 4.84 Å². The molecule has 0 saturated carbocycles. The Morgan fingerprint density at radius 3 is 2.39 bits per heavy atom. The number of nitrogens with one attached hydrogen (secondary N) is 1. The second-order valence-corrected chi connectivity index (χ2v) is 6.80. The third-order valence-corrected chi connectivity index (χ3v) is 4.12. The van der Waals surface area contributed by atoms with Crippen molar-refractivity contribution in [2.75, 3.05) is 14.1 Å². The number of benzene rings is 2. The van der Waals surface area contributed by atoms with Crippen molar-refractivity contribution in [2.45, 2.75) is 6.92 Å². The fourth-order valence-electron chi connectivity index (χ4n) is 2.57. The molecule has 2 aromatic heterocycles. The fraction of sp³-hybridized carbons (Fsp3) is 0.143. The molecule has 0 radical (unpaired) electrons. The Kier molecular flexibility index (Phi) is 5.96. The highest BCUT2D eigenvalue weighted by atomic mass is 32.1. The number of rotatable bonds is 3. The third kappa shape index (κ3) is 4.50. The van der Waals surface area contributed by atoms with Crippen LogP contribution in [-0.2, 0) is 4.79 Å². The summed E-state index contributed by atoms with van der Waals surface area (Å²) in [4.78, 5) is 15.9. The molecule has 0 saturated heterocycles. The van der Waals surface area contributed by atoms with Crippen LogP contribution >= 0.6 is 12.2 Å². The molecule has 0 atom stereocenters. The lowest BCUT2D eigenvalue weighted by Crippen LogP contribution is -2.06. The van der Waals surface area contributed by atoms with Crippen molar-refractivity contribution in [3.8, 4) is 22.7 Å². The molecule has 1 N–H and O–H groups in total. The van der Waals surface area contributed by atoms with Gasteiger partial charge in [0.25, 0.3) is 4.84 Å². The Morgan fingerprint density at radius 1 is 1.11 bits per heavy atom. The predicted octanol–water partition coefficient (Wildman–Crippen LogP) is 4.63. The highest BCUT2D eigenvalue weighted by molar-refractivity contribution is 7.71. The average molecular weight is 392 g/mol. The van der Waals surface area contributed by atoms with Gasteiger partial charge in [0, 0.05) is 25.0 Å². The number of aromatic nitrogens is 3. The van der Waals surface area contributed by atoms with Crippen LogP contribution in [0.3, 0.4) is 0 Å². The monoisotopic (exact) mass is 392 g/mol. The number of fused-ring (bicyclic) bond motifs is 1. The van der Waals surface area contributed by atoms with E-state index in [9.17, 15) is 4.79 Å². The zero-order chi connectivity index (χ0) is 20.1. The van der Waals surface area contributed by atoms with Crippen LogP contribution in [-0.4, -0.2) is 40.6 Å². The van der Waals surface area contributed by atoms with Gasteiger partial charge in [-0.25, -0.2) is 10.1 Å². The Morgan fingerprint density at radius 2 is 1.79 bits per heavy atom. The summed E-state index contributed by atoms with van der Waals surface area (Å²) in [5.74, 6) is 0.474. The number of H-pyrrole nitrogens is 1. The molecule has 0 aliphatic carbocycles. The van der Waals surface area contributed by atoms with Crippen LogP contribution in [0.1, 0.15) is 5.56 Å². The van der Waals surface area contributed by atoms with E-state index >= 15 is 0 Å². The molecule has 4 rings (SSSR count). The summed E-state index contributed by atoms with van der Waals surface area (Å²) in [5.41, 5.74) is 4.91. The van der Waals surface area contributed by atoms with Gasteiger partial charge < -0.3 is 9.32 Å². The standard InChI is InChI=1S/C18H13N3OS.C3H7NO/c1-11-6-8-12(9-7-11)16-10-14(17-20-21-18(23)22-17)13-4-2-3-5-15(13)19-16;1-4(2)3-5/h2-10H,1H3,(H,21,23);3H,1-2H3. The molecule has 6 nitrogen and oxygen atoms in total. The first-order valence-electron chi connectivity index (χ1n) is 8.62. The third-order valence-electron chi connectivity index (χ3n) is 3.94. The summed E-state index contributed by atoms with van der Waals surface area (Å²) in [6.45, 7) is 2.07. The maximum absolute atomic E-state index is 9.43. The first-order valence-corrected chi connectivity index (χ1v) is 9.03. The van der Waals surface area contributed by atoms with Crippen LogP contribution in [0.2, 0.25) is 0 Å². The molecular weight excluding hydrogens is 372 g/mol. The van der Waals surface area contributed by atoms with Crippen LogP contribution in [0.15, 0.2) is 59.0 Å². The van der Waals surface area contributed by atoms with Gasteiger partial charge in [-0.3, -0.25) is 4.79 Å². The maximum atomic E-state index is 9.43. The molecule has 2 aromatic carbocycles. The summed E-state index contributed by atoms with van der Waals surface area (Å²) in [6.07, 6.45) is 0.750. The van der Waals surface area contributed by atoms with E-state index in [1.807, 2.05) is 30.3 Å². The zero-order valence-corrected chi connectivity index (χ0v) is 16.7. The zero-order valence-electron chi connectivity index (χ0n) is 15.8. The normalized spacial score (nSPS) is 10.2. The van der Waals surface area contributed by atoms with Crippen LogP contribution in [0.25, 0.3) is 33.6 Å². The molecule has 0 aliphatic heterocycles. The van der Waals surface area contributed by atoms with E-state index in [0.717, 1.165) is 34.1 Å². The molecular formula is C21H20N4O2S. The minimum Gasteiger partial charge on any atom is -0.409 e. The van der Waals surface area contributed by atoms with Crippen molar-refractivity contribution in [3.63, 3.8) is 0 Å². The van der Waals surface area contributed by atoms with Crippen molar-refractivity contribution in [1.29, 1.82) is 0 Å². The first kappa shape index (κ1) is 19.4. The minimum absolute atomic E-state index is 0.262. The highest BCUT2D eigenvalue weighted by Crippen LogP contribution is 2.31. The topological polar surface area (TPSA) is 75.0 Å². The summed E-state index contributed by atoms with van der Waals surface area (Å²) >= 11 is 5.00. The van der Waals surface area contributed by atoms with Gasteiger partial charge in [-0.05, 0) is 31.3 Å². The highest BCUT2D eigenvalue weighted by Gasteiger charge is 2.13. The fourth-order valence-corrected chi connectivity index (χ4v) is 2.69. The van der Waals surface area contributed by atoms with E-state index in [0.29, 0.717) is 5.89 Å². The molecule has 142 valence electrons. The van der Waals surface area contributed by atoms with Crippen LogP contribution in [0, 0.1) is 11.8 Å². The second kappa shape index (κ2) is 8.58. The number of aryl methyl sites for hydroxylation is 1. The first-order chi connectivity index (χ1) is 13.5. The van der Waals surface area contributed by atoms with Crippen molar-refractivity contribution in [1.82, 2.24) is 20.1 Å². The molecule has 1 amide bonds. The van der Waals surface area contributed by atoms with Gasteiger partial charge in [-0.2, -0.15) is 0 Å². The second-order valence-electron chi connectivity index (χ2n) is 6.43. The molecule has 2 heterocycles. The van der Waals surface area contributed by atoms with Gasteiger partial charge in [0.15, 0.2) is 0 Å². The molecule has 4 aromatic rings. The number of para-hydroxylation sites is 1. The van der Waals surface area contributed by atoms with Gasteiger partial charge in [0.05, 0.1) is 16.8 Å². The van der Waals surface area contributed by atoms with E-state index < -0.39 is 0 Å². The number of aromatic amines is 1. The Labute approximate surface area is 167 Å². The summed E-state index contributed by atoms with van der Waals surface area (Å²) in [5, 5.41) is 7.82. The molecule has 0 aliphatic rings. The van der Waals surface area contributed by atoms with Gasteiger partial charge in [-0.15, -0.1) is 5.10 Å². The molecule has 0 spiro atoms. The SMILES string of the molecule is CN(C)C=O.Cc1ccc(-c2cc(-c3n[nH]c(=S)o3)c3ccccc3n2)cc1. The quantitative estimate of drug-likeness (QED) is 0.406. The molecule has 28 heavy (non-hydrogen) atoms.